The van der Waals surface area contributed by atoms with Crippen LogP contribution in [0.15, 0.2) is 12.2 Å². The fourth-order valence-corrected chi connectivity index (χ4v) is 1.22. The Morgan fingerprint density at radius 1 is 1.12 bits per heavy atom. The third-order valence-corrected chi connectivity index (χ3v) is 2.07. The van der Waals surface area contributed by atoms with Crippen molar-refractivity contribution in [2.75, 3.05) is 39.5 Å². The zero-order valence-electron chi connectivity index (χ0n) is 10.6. The van der Waals surface area contributed by atoms with E-state index in [-0.39, 0.29) is 5.91 Å². The first kappa shape index (κ1) is 15.1. The van der Waals surface area contributed by atoms with Gasteiger partial charge < -0.3 is 14.4 Å². The quantitative estimate of drug-likeness (QED) is 0.444. The van der Waals surface area contributed by atoms with Gasteiger partial charge in [-0.2, -0.15) is 0 Å². The normalized spacial score (nSPS) is 10.2. The molecular formula is C12H23NO3. The van der Waals surface area contributed by atoms with E-state index in [9.17, 15) is 4.79 Å². The average Bonchev–Trinajstić information content (AvgIpc) is 2.26. The Morgan fingerprint density at radius 3 is 1.88 bits per heavy atom. The van der Waals surface area contributed by atoms with Crippen molar-refractivity contribution in [1.29, 1.82) is 0 Å². The second kappa shape index (κ2) is 9.36. The van der Waals surface area contributed by atoms with Gasteiger partial charge in [0.25, 0.3) is 0 Å². The summed E-state index contributed by atoms with van der Waals surface area (Å²) in [6, 6.07) is 0. The number of carbonyl (C=O) groups is 1. The molecule has 0 heterocycles. The Morgan fingerprint density at radius 2 is 1.56 bits per heavy atom. The Labute approximate surface area is 98.2 Å². The molecule has 0 bridgehead atoms. The summed E-state index contributed by atoms with van der Waals surface area (Å²) in [6.07, 6.45) is 0. The van der Waals surface area contributed by atoms with Gasteiger partial charge in [0, 0.05) is 31.9 Å². The van der Waals surface area contributed by atoms with E-state index in [0.29, 0.717) is 45.1 Å². The lowest BCUT2D eigenvalue weighted by atomic mass is 10.3. The van der Waals surface area contributed by atoms with E-state index in [4.69, 9.17) is 9.47 Å². The van der Waals surface area contributed by atoms with Crippen molar-refractivity contribution < 1.29 is 14.3 Å². The zero-order chi connectivity index (χ0) is 12.4. The lowest BCUT2D eigenvalue weighted by Crippen LogP contribution is -2.37. The summed E-state index contributed by atoms with van der Waals surface area (Å²) in [5, 5.41) is 0. The summed E-state index contributed by atoms with van der Waals surface area (Å²) in [6.45, 7) is 12.9. The van der Waals surface area contributed by atoms with Gasteiger partial charge in [-0.1, -0.05) is 6.58 Å². The van der Waals surface area contributed by atoms with Crippen LogP contribution in [-0.4, -0.2) is 50.3 Å². The van der Waals surface area contributed by atoms with Crippen molar-refractivity contribution in [2.24, 2.45) is 0 Å². The van der Waals surface area contributed by atoms with Gasteiger partial charge in [0.05, 0.1) is 13.2 Å². The molecule has 0 radical (unpaired) electrons. The van der Waals surface area contributed by atoms with Gasteiger partial charge in [-0.15, -0.1) is 0 Å². The maximum atomic E-state index is 11.7. The van der Waals surface area contributed by atoms with Crippen LogP contribution in [0.4, 0.5) is 0 Å². The van der Waals surface area contributed by atoms with E-state index in [2.05, 4.69) is 6.58 Å². The van der Waals surface area contributed by atoms with Crippen molar-refractivity contribution in [2.45, 2.75) is 20.8 Å². The van der Waals surface area contributed by atoms with Crippen LogP contribution < -0.4 is 0 Å². The SMILES string of the molecule is C=C(C)C(=O)N(CCOCC)CCOCC. The smallest absolute Gasteiger partial charge is 0.249 e. The lowest BCUT2D eigenvalue weighted by Gasteiger charge is -2.22. The minimum Gasteiger partial charge on any atom is -0.380 e. The molecule has 0 saturated heterocycles. The monoisotopic (exact) mass is 229 g/mol. The molecule has 16 heavy (non-hydrogen) atoms. The molecule has 1 amide bonds. The first-order chi connectivity index (χ1) is 7.63. The van der Waals surface area contributed by atoms with Crippen LogP contribution in [0.2, 0.25) is 0 Å². The van der Waals surface area contributed by atoms with E-state index in [1.807, 2.05) is 13.8 Å². The topological polar surface area (TPSA) is 38.8 Å². The summed E-state index contributed by atoms with van der Waals surface area (Å²) in [7, 11) is 0. The molecule has 0 fully saturated rings. The van der Waals surface area contributed by atoms with Gasteiger partial charge in [-0.3, -0.25) is 4.79 Å². The molecule has 0 aromatic carbocycles. The van der Waals surface area contributed by atoms with Crippen molar-refractivity contribution in [3.8, 4) is 0 Å². The molecule has 0 saturated carbocycles. The number of hydrogen-bond acceptors (Lipinski definition) is 3. The van der Waals surface area contributed by atoms with Crippen LogP contribution in [0, 0.1) is 0 Å². The van der Waals surface area contributed by atoms with E-state index < -0.39 is 0 Å². The number of carbonyl (C=O) groups excluding carboxylic acids is 1. The molecule has 4 nitrogen and oxygen atoms in total. The zero-order valence-corrected chi connectivity index (χ0v) is 10.6. The minimum absolute atomic E-state index is 0.0283. The van der Waals surface area contributed by atoms with Gasteiger partial charge in [0.1, 0.15) is 0 Å². The first-order valence-corrected chi connectivity index (χ1v) is 5.73. The fourth-order valence-electron chi connectivity index (χ4n) is 1.22. The molecule has 0 N–H and O–H groups in total. The van der Waals surface area contributed by atoms with Crippen LogP contribution in [0.1, 0.15) is 20.8 Å². The number of hydrogen-bond donors (Lipinski definition) is 0. The second-order valence-corrected chi connectivity index (χ2v) is 3.47. The summed E-state index contributed by atoms with van der Waals surface area (Å²) in [5.41, 5.74) is 0.549. The van der Waals surface area contributed by atoms with Crippen LogP contribution in [0.5, 0.6) is 0 Å². The lowest BCUT2D eigenvalue weighted by molar-refractivity contribution is -0.128. The predicted molar refractivity (Wildman–Crippen MR) is 64.4 cm³/mol. The predicted octanol–water partition coefficient (Wildman–Crippen LogP) is 1.46. The van der Waals surface area contributed by atoms with Crippen LogP contribution >= 0.6 is 0 Å². The first-order valence-electron chi connectivity index (χ1n) is 5.73. The molecule has 94 valence electrons. The molecule has 0 spiro atoms. The maximum absolute atomic E-state index is 11.7. The van der Waals surface area contributed by atoms with E-state index in [0.717, 1.165) is 0 Å². The Hall–Kier alpha value is -0.870. The molecular weight excluding hydrogens is 206 g/mol. The highest BCUT2D eigenvalue weighted by Crippen LogP contribution is 1.99. The molecule has 0 atom stereocenters. The summed E-state index contributed by atoms with van der Waals surface area (Å²) >= 11 is 0. The van der Waals surface area contributed by atoms with Gasteiger partial charge in [-0.05, 0) is 20.8 Å². The van der Waals surface area contributed by atoms with Gasteiger partial charge in [-0.25, -0.2) is 0 Å². The average molecular weight is 229 g/mol. The number of rotatable bonds is 9. The third kappa shape index (κ3) is 6.58. The standard InChI is InChI=1S/C12H23NO3/c1-5-15-9-7-13(8-10-16-6-2)12(14)11(3)4/h3,5-10H2,1-2,4H3. The molecule has 0 aliphatic carbocycles. The largest absolute Gasteiger partial charge is 0.380 e. The molecule has 0 rings (SSSR count). The van der Waals surface area contributed by atoms with E-state index >= 15 is 0 Å². The highest BCUT2D eigenvalue weighted by atomic mass is 16.5. The van der Waals surface area contributed by atoms with Crippen molar-refractivity contribution in [1.82, 2.24) is 4.90 Å². The maximum Gasteiger partial charge on any atom is 0.249 e. The van der Waals surface area contributed by atoms with Gasteiger partial charge in [0.2, 0.25) is 5.91 Å². The fraction of sp³-hybridized carbons (Fsp3) is 0.750. The molecule has 0 aliphatic rings. The summed E-state index contributed by atoms with van der Waals surface area (Å²) in [4.78, 5) is 13.5. The summed E-state index contributed by atoms with van der Waals surface area (Å²) < 4.78 is 10.5. The van der Waals surface area contributed by atoms with Gasteiger partial charge >= 0.3 is 0 Å². The minimum atomic E-state index is -0.0283. The van der Waals surface area contributed by atoms with Crippen molar-refractivity contribution in [3.63, 3.8) is 0 Å². The Kier molecular flexibility index (Phi) is 8.85. The van der Waals surface area contributed by atoms with Crippen LogP contribution in [0.3, 0.4) is 0 Å². The Balaban J connectivity index is 4.05. The van der Waals surface area contributed by atoms with Gasteiger partial charge in [0.15, 0.2) is 0 Å². The number of amides is 1. The highest BCUT2D eigenvalue weighted by Gasteiger charge is 2.13. The summed E-state index contributed by atoms with van der Waals surface area (Å²) in [5.74, 6) is -0.0283. The van der Waals surface area contributed by atoms with Crippen LogP contribution in [0.25, 0.3) is 0 Å². The second-order valence-electron chi connectivity index (χ2n) is 3.47. The highest BCUT2D eigenvalue weighted by molar-refractivity contribution is 5.92. The molecule has 0 aromatic rings. The molecule has 0 unspecified atom stereocenters. The number of nitrogens with zero attached hydrogens (tertiary/aromatic N) is 1. The number of ether oxygens (including phenoxy) is 2. The third-order valence-electron chi connectivity index (χ3n) is 2.07. The van der Waals surface area contributed by atoms with E-state index in [1.54, 1.807) is 11.8 Å². The van der Waals surface area contributed by atoms with Crippen molar-refractivity contribution >= 4 is 5.91 Å². The molecule has 0 aromatic heterocycles. The molecule has 4 heteroatoms. The Bertz CT molecular complexity index is 206. The van der Waals surface area contributed by atoms with Crippen molar-refractivity contribution in [3.05, 3.63) is 12.2 Å². The molecule has 0 aliphatic heterocycles. The van der Waals surface area contributed by atoms with Crippen LogP contribution in [-0.2, 0) is 14.3 Å². The van der Waals surface area contributed by atoms with E-state index in [1.165, 1.54) is 0 Å².